The zero-order valence-corrected chi connectivity index (χ0v) is 9.00. The van der Waals surface area contributed by atoms with E-state index in [1.165, 1.54) is 12.1 Å². The van der Waals surface area contributed by atoms with Crippen molar-refractivity contribution in [3.63, 3.8) is 0 Å². The summed E-state index contributed by atoms with van der Waals surface area (Å²) in [5.74, 6) is -0.702. The maximum atomic E-state index is 12.4. The number of nitrogens with zero attached hydrogens (tertiary/aromatic N) is 2. The van der Waals surface area contributed by atoms with Gasteiger partial charge in [0.1, 0.15) is 5.82 Å². The number of anilines is 1. The molecule has 17 heavy (non-hydrogen) atoms. The Morgan fingerprint density at radius 1 is 1.29 bits per heavy atom. The molecule has 2 heterocycles. The monoisotopic (exact) mass is 247 g/mol. The highest BCUT2D eigenvalue weighted by Crippen LogP contribution is 2.34. The molecule has 7 heteroatoms. The van der Waals surface area contributed by atoms with Crippen molar-refractivity contribution in [3.8, 4) is 0 Å². The Bertz CT molecular complexity index is 415. The van der Waals surface area contributed by atoms with Crippen molar-refractivity contribution < 1.29 is 13.2 Å². The second kappa shape index (κ2) is 4.38. The molecule has 0 unspecified atom stereocenters. The molecule has 0 bridgehead atoms. The van der Waals surface area contributed by atoms with Crippen molar-refractivity contribution in [3.05, 3.63) is 22.5 Å². The van der Waals surface area contributed by atoms with Gasteiger partial charge in [-0.05, 0) is 18.9 Å². The first kappa shape index (κ1) is 11.9. The Kier molecular flexibility index (Phi) is 3.08. The molecule has 0 atom stereocenters. The molecular formula is C10H12F3N3O. The summed E-state index contributed by atoms with van der Waals surface area (Å²) in [5, 5.41) is 6.07. The number of nitrogens with one attached hydrogen (secondary N) is 1. The highest BCUT2D eigenvalue weighted by molar-refractivity contribution is 5.36. The van der Waals surface area contributed by atoms with Crippen LogP contribution in [0.1, 0.15) is 12.8 Å². The second-order valence-electron chi connectivity index (χ2n) is 4.08. The zero-order valence-electron chi connectivity index (χ0n) is 9.00. The Morgan fingerprint density at radius 3 is 2.41 bits per heavy atom. The van der Waals surface area contributed by atoms with Gasteiger partial charge in [0.05, 0.1) is 5.92 Å². The normalized spacial score (nSPS) is 18.4. The summed E-state index contributed by atoms with van der Waals surface area (Å²) >= 11 is 0. The fraction of sp³-hybridized carbons (Fsp3) is 0.600. The number of piperidine rings is 1. The van der Waals surface area contributed by atoms with Crippen LogP contribution >= 0.6 is 0 Å². The molecule has 94 valence electrons. The summed E-state index contributed by atoms with van der Waals surface area (Å²) < 4.78 is 37.3. The van der Waals surface area contributed by atoms with E-state index in [1.807, 2.05) is 0 Å². The van der Waals surface area contributed by atoms with Crippen molar-refractivity contribution in [2.24, 2.45) is 5.92 Å². The molecule has 0 amide bonds. The van der Waals surface area contributed by atoms with Crippen molar-refractivity contribution in [2.45, 2.75) is 19.0 Å². The summed E-state index contributed by atoms with van der Waals surface area (Å²) in [7, 11) is 0. The van der Waals surface area contributed by atoms with E-state index in [2.05, 4.69) is 10.2 Å². The van der Waals surface area contributed by atoms with Crippen LogP contribution in [0.15, 0.2) is 16.9 Å². The predicted octanol–water partition coefficient (Wildman–Crippen LogP) is 1.55. The zero-order chi connectivity index (χ0) is 12.5. The summed E-state index contributed by atoms with van der Waals surface area (Å²) in [4.78, 5) is 12.6. The van der Waals surface area contributed by atoms with Crippen molar-refractivity contribution in [1.82, 2.24) is 10.2 Å². The average molecular weight is 247 g/mol. The first-order valence-corrected chi connectivity index (χ1v) is 5.34. The minimum Gasteiger partial charge on any atom is -0.355 e. The lowest BCUT2D eigenvalue weighted by Crippen LogP contribution is -2.39. The summed E-state index contributed by atoms with van der Waals surface area (Å²) in [5.41, 5.74) is -0.320. The Morgan fingerprint density at radius 2 is 1.94 bits per heavy atom. The molecule has 2 rings (SSSR count). The van der Waals surface area contributed by atoms with Crippen LogP contribution in [0.25, 0.3) is 0 Å². The van der Waals surface area contributed by atoms with Gasteiger partial charge in [0, 0.05) is 19.2 Å². The van der Waals surface area contributed by atoms with E-state index >= 15 is 0 Å². The molecule has 4 nitrogen and oxygen atoms in total. The van der Waals surface area contributed by atoms with Gasteiger partial charge < -0.3 is 4.90 Å². The third kappa shape index (κ3) is 2.78. The maximum Gasteiger partial charge on any atom is 0.391 e. The number of hydrogen-bond donors (Lipinski definition) is 1. The van der Waals surface area contributed by atoms with Crippen LogP contribution in [0.3, 0.4) is 0 Å². The number of hydrogen-bond acceptors (Lipinski definition) is 3. The van der Waals surface area contributed by atoms with Gasteiger partial charge in [0.25, 0.3) is 5.56 Å². The van der Waals surface area contributed by atoms with E-state index in [9.17, 15) is 18.0 Å². The molecule has 1 aliphatic rings. The maximum absolute atomic E-state index is 12.4. The van der Waals surface area contributed by atoms with Crippen LogP contribution in [0.2, 0.25) is 0 Å². The lowest BCUT2D eigenvalue weighted by molar-refractivity contribution is -0.179. The van der Waals surface area contributed by atoms with E-state index in [-0.39, 0.29) is 18.4 Å². The lowest BCUT2D eigenvalue weighted by Gasteiger charge is -2.33. The number of aromatic amines is 1. The Balaban J connectivity index is 2.00. The van der Waals surface area contributed by atoms with E-state index in [1.54, 1.807) is 4.90 Å². The van der Waals surface area contributed by atoms with Crippen LogP contribution in [-0.4, -0.2) is 29.5 Å². The second-order valence-corrected chi connectivity index (χ2v) is 4.08. The smallest absolute Gasteiger partial charge is 0.355 e. The molecule has 0 aromatic carbocycles. The van der Waals surface area contributed by atoms with Crippen LogP contribution in [0.4, 0.5) is 19.0 Å². The van der Waals surface area contributed by atoms with Crippen molar-refractivity contribution >= 4 is 5.82 Å². The largest absolute Gasteiger partial charge is 0.391 e. The minimum absolute atomic E-state index is 0.0737. The summed E-state index contributed by atoms with van der Waals surface area (Å²) in [6.07, 6.45) is -3.96. The van der Waals surface area contributed by atoms with Gasteiger partial charge in [0.15, 0.2) is 0 Å². The van der Waals surface area contributed by atoms with Crippen LogP contribution < -0.4 is 10.5 Å². The lowest BCUT2D eigenvalue weighted by atomic mass is 9.96. The van der Waals surface area contributed by atoms with Gasteiger partial charge in [-0.3, -0.25) is 4.79 Å². The standard InChI is InChI=1S/C10H12F3N3O/c11-10(12,13)7-3-5-16(6-4-7)8-1-2-9(17)15-14-8/h1-2,7H,3-6H2,(H,15,17). The van der Waals surface area contributed by atoms with Gasteiger partial charge in [-0.15, -0.1) is 0 Å². The fourth-order valence-corrected chi connectivity index (χ4v) is 1.95. The highest BCUT2D eigenvalue weighted by atomic mass is 19.4. The molecule has 1 aliphatic heterocycles. The SMILES string of the molecule is O=c1ccc(N2CCC(C(F)(F)F)CC2)n[nH]1. The Labute approximate surface area is 95.4 Å². The van der Waals surface area contributed by atoms with Gasteiger partial charge >= 0.3 is 6.18 Å². The van der Waals surface area contributed by atoms with E-state index < -0.39 is 12.1 Å². The van der Waals surface area contributed by atoms with Crippen LogP contribution in [0, 0.1) is 5.92 Å². The molecular weight excluding hydrogens is 235 g/mol. The molecule has 1 aromatic heterocycles. The molecule has 0 radical (unpaired) electrons. The predicted molar refractivity (Wildman–Crippen MR) is 55.8 cm³/mol. The number of aromatic nitrogens is 2. The minimum atomic E-state index is -4.11. The molecule has 1 saturated heterocycles. The molecule has 1 aromatic rings. The van der Waals surface area contributed by atoms with Gasteiger partial charge in [0.2, 0.25) is 0 Å². The highest BCUT2D eigenvalue weighted by Gasteiger charge is 2.41. The summed E-state index contributed by atoms with van der Waals surface area (Å²) in [6, 6.07) is 2.84. The average Bonchev–Trinajstić information content (AvgIpc) is 2.29. The Hall–Kier alpha value is -1.53. The number of H-pyrrole nitrogens is 1. The number of alkyl halides is 3. The van der Waals surface area contributed by atoms with Gasteiger partial charge in [-0.2, -0.15) is 18.3 Å². The van der Waals surface area contributed by atoms with Crippen molar-refractivity contribution in [1.29, 1.82) is 0 Å². The molecule has 0 spiro atoms. The summed E-state index contributed by atoms with van der Waals surface area (Å²) in [6.45, 7) is 0.618. The van der Waals surface area contributed by atoms with Gasteiger partial charge in [-0.25, -0.2) is 5.10 Å². The number of halogens is 3. The quantitative estimate of drug-likeness (QED) is 0.819. The molecule has 0 saturated carbocycles. The first-order valence-electron chi connectivity index (χ1n) is 5.34. The van der Waals surface area contributed by atoms with Crippen LogP contribution in [-0.2, 0) is 0 Å². The van der Waals surface area contributed by atoms with E-state index in [4.69, 9.17) is 0 Å². The van der Waals surface area contributed by atoms with Crippen LogP contribution in [0.5, 0.6) is 0 Å². The topological polar surface area (TPSA) is 49.0 Å². The van der Waals surface area contributed by atoms with E-state index in [0.717, 1.165) is 0 Å². The third-order valence-corrected chi connectivity index (χ3v) is 2.95. The van der Waals surface area contributed by atoms with E-state index in [0.29, 0.717) is 18.9 Å². The fourth-order valence-electron chi connectivity index (χ4n) is 1.95. The molecule has 1 fully saturated rings. The molecule has 0 aliphatic carbocycles. The first-order chi connectivity index (χ1) is 7.97. The number of rotatable bonds is 1. The molecule has 1 N–H and O–H groups in total. The van der Waals surface area contributed by atoms with Crippen molar-refractivity contribution in [2.75, 3.05) is 18.0 Å². The third-order valence-electron chi connectivity index (χ3n) is 2.95. The van der Waals surface area contributed by atoms with Gasteiger partial charge in [-0.1, -0.05) is 0 Å².